The molecule has 5 nitrogen and oxygen atoms in total. The predicted octanol–water partition coefficient (Wildman–Crippen LogP) is 5.69. The van der Waals surface area contributed by atoms with Crippen molar-refractivity contribution in [1.29, 1.82) is 0 Å². The molecule has 0 saturated carbocycles. The number of aromatic nitrogens is 1. The summed E-state index contributed by atoms with van der Waals surface area (Å²) in [5.41, 5.74) is 1.66. The second-order valence-corrected chi connectivity index (χ2v) is 14.7. The summed E-state index contributed by atoms with van der Waals surface area (Å²) < 4.78 is 12.0. The highest BCUT2D eigenvalue weighted by molar-refractivity contribution is 6.99. The smallest absolute Gasteiger partial charge is 0.379 e. The second kappa shape index (κ2) is 11.0. The second-order valence-electron chi connectivity index (χ2n) is 9.98. The summed E-state index contributed by atoms with van der Waals surface area (Å²) >= 11 is 6.23. The molecule has 0 saturated heterocycles. The van der Waals surface area contributed by atoms with Gasteiger partial charge in [0.05, 0.1) is 12.2 Å². The van der Waals surface area contributed by atoms with Gasteiger partial charge in [0.15, 0.2) is 0 Å². The molecule has 0 atom stereocenters. The van der Waals surface area contributed by atoms with Gasteiger partial charge in [0, 0.05) is 34.6 Å². The van der Waals surface area contributed by atoms with Crippen LogP contribution in [0.5, 0.6) is 0 Å². The normalized spacial score (nSPS) is 12.0. The Kier molecular flexibility index (Phi) is 8.02. The summed E-state index contributed by atoms with van der Waals surface area (Å²) in [4.78, 5) is 28.9. The number of ketones is 1. The summed E-state index contributed by atoms with van der Waals surface area (Å²) in [5.74, 6) is -1.56. The van der Waals surface area contributed by atoms with E-state index in [1.54, 1.807) is 19.1 Å². The Labute approximate surface area is 223 Å². The molecule has 3 aromatic carbocycles. The average Bonchev–Trinajstić information content (AvgIpc) is 3.23. The van der Waals surface area contributed by atoms with E-state index >= 15 is 0 Å². The number of hydrogen-bond acceptors (Lipinski definition) is 4. The summed E-state index contributed by atoms with van der Waals surface area (Å²) in [5, 5.41) is 3.28. The van der Waals surface area contributed by atoms with Crippen molar-refractivity contribution in [2.75, 3.05) is 13.2 Å². The Morgan fingerprint density at radius 1 is 0.919 bits per heavy atom. The van der Waals surface area contributed by atoms with Crippen molar-refractivity contribution in [3.63, 3.8) is 0 Å². The molecule has 1 N–H and O–H groups in total. The molecule has 4 rings (SSSR count). The van der Waals surface area contributed by atoms with Crippen LogP contribution in [0.4, 0.5) is 0 Å². The number of rotatable bonds is 9. The lowest BCUT2D eigenvalue weighted by Gasteiger charge is -2.43. The molecule has 0 aliphatic carbocycles. The van der Waals surface area contributed by atoms with Gasteiger partial charge in [-0.2, -0.15) is 0 Å². The van der Waals surface area contributed by atoms with Crippen molar-refractivity contribution in [1.82, 2.24) is 4.98 Å². The first-order valence-electron chi connectivity index (χ1n) is 12.5. The van der Waals surface area contributed by atoms with Gasteiger partial charge in [-0.1, -0.05) is 93.0 Å². The molecule has 1 aromatic heterocycles. The Hall–Kier alpha value is -3.19. The number of halogens is 1. The number of H-pyrrole nitrogens is 1. The van der Waals surface area contributed by atoms with Gasteiger partial charge in [0.2, 0.25) is 0 Å². The highest BCUT2D eigenvalue weighted by Crippen LogP contribution is 2.37. The van der Waals surface area contributed by atoms with E-state index in [4.69, 9.17) is 20.8 Å². The fourth-order valence-corrected chi connectivity index (χ4v) is 9.77. The van der Waals surface area contributed by atoms with E-state index in [1.807, 2.05) is 42.5 Å². The molecule has 0 radical (unpaired) electrons. The molecule has 0 spiro atoms. The lowest BCUT2D eigenvalue weighted by atomic mass is 10.0. The fourth-order valence-electron chi connectivity index (χ4n) is 5.03. The fraction of sp³-hybridized carbons (Fsp3) is 0.267. The first kappa shape index (κ1) is 26.9. The maximum Gasteiger partial charge on any atom is 0.379 e. The van der Waals surface area contributed by atoms with Gasteiger partial charge in [0.25, 0.3) is 14.1 Å². The zero-order valence-corrected chi connectivity index (χ0v) is 23.4. The molecule has 4 aromatic rings. The summed E-state index contributed by atoms with van der Waals surface area (Å²) in [6, 6.07) is 26.1. The van der Waals surface area contributed by atoms with Gasteiger partial charge in [-0.15, -0.1) is 0 Å². The molecule has 0 bridgehead atoms. The van der Waals surface area contributed by atoms with Crippen LogP contribution in [-0.2, 0) is 20.4 Å². The third-order valence-electron chi connectivity index (χ3n) is 6.61. The van der Waals surface area contributed by atoms with Crippen LogP contribution >= 0.6 is 11.6 Å². The Morgan fingerprint density at radius 3 is 2.05 bits per heavy atom. The van der Waals surface area contributed by atoms with Crippen LogP contribution < -0.4 is 10.4 Å². The monoisotopic (exact) mass is 533 g/mol. The first-order valence-corrected chi connectivity index (χ1v) is 14.7. The third-order valence-corrected chi connectivity index (χ3v) is 11.9. The van der Waals surface area contributed by atoms with Crippen molar-refractivity contribution in [3.8, 4) is 0 Å². The van der Waals surface area contributed by atoms with Crippen LogP contribution in [0.1, 0.15) is 43.7 Å². The van der Waals surface area contributed by atoms with E-state index < -0.39 is 20.1 Å². The van der Waals surface area contributed by atoms with Gasteiger partial charge in [-0.3, -0.25) is 4.79 Å². The molecule has 0 unspecified atom stereocenters. The lowest BCUT2D eigenvalue weighted by molar-refractivity contribution is -0.137. The van der Waals surface area contributed by atoms with Crippen LogP contribution in [0.3, 0.4) is 0 Å². The van der Waals surface area contributed by atoms with Crippen molar-refractivity contribution in [3.05, 3.63) is 95.1 Å². The minimum Gasteiger partial charge on any atom is -0.460 e. The molecule has 0 aliphatic heterocycles. The maximum atomic E-state index is 13.1. The average molecular weight is 534 g/mol. The van der Waals surface area contributed by atoms with Gasteiger partial charge in [0.1, 0.15) is 0 Å². The van der Waals surface area contributed by atoms with Gasteiger partial charge >= 0.3 is 5.97 Å². The number of hydrogen-bond donors (Lipinski definition) is 1. The number of nitrogens with one attached hydrogen (secondary N) is 1. The quantitative estimate of drug-likeness (QED) is 0.130. The molecule has 0 aliphatic rings. The number of benzene rings is 3. The number of esters is 1. The molecule has 0 fully saturated rings. The topological polar surface area (TPSA) is 68.4 Å². The lowest BCUT2D eigenvalue weighted by Crippen LogP contribution is -2.66. The number of aromatic amines is 1. The van der Waals surface area contributed by atoms with Crippen LogP contribution in [0, 0.1) is 0 Å². The Morgan fingerprint density at radius 2 is 1.51 bits per heavy atom. The van der Waals surface area contributed by atoms with E-state index in [-0.39, 0.29) is 11.6 Å². The van der Waals surface area contributed by atoms with E-state index in [1.165, 1.54) is 10.4 Å². The summed E-state index contributed by atoms with van der Waals surface area (Å²) in [7, 11) is -2.74. The van der Waals surface area contributed by atoms with Crippen LogP contribution in [0.2, 0.25) is 10.1 Å². The zero-order chi connectivity index (χ0) is 26.6. The molecule has 0 amide bonds. The van der Waals surface area contributed by atoms with E-state index in [9.17, 15) is 9.59 Å². The standard InChI is InChI=1S/C30H32ClNO4Si/c1-5-35-29(34)28(33)27-24-20-21(31)16-17-25(24)32-26(27)18-19-36-37(30(2,3)4,22-12-8-6-9-13-22)23-14-10-7-11-15-23/h6-17,20,32H,5,18-19H2,1-4H3. The molecule has 1 heterocycles. The van der Waals surface area contributed by atoms with Crippen molar-refractivity contribution >= 4 is 52.9 Å². The maximum absolute atomic E-state index is 13.1. The number of carbonyl (C=O) groups is 2. The number of carbonyl (C=O) groups excluding carboxylic acids is 2. The highest BCUT2D eigenvalue weighted by Gasteiger charge is 2.50. The largest absolute Gasteiger partial charge is 0.460 e. The van der Waals surface area contributed by atoms with Crippen LogP contribution in [0.15, 0.2) is 78.9 Å². The van der Waals surface area contributed by atoms with Crippen molar-refractivity contribution in [2.24, 2.45) is 0 Å². The zero-order valence-electron chi connectivity index (χ0n) is 21.6. The molecule has 7 heteroatoms. The highest BCUT2D eigenvalue weighted by atomic mass is 35.5. The summed E-state index contributed by atoms with van der Waals surface area (Å²) in [6.07, 6.45) is 0.414. The van der Waals surface area contributed by atoms with Crippen molar-refractivity contribution < 1.29 is 18.8 Å². The first-order chi connectivity index (χ1) is 17.7. The van der Waals surface area contributed by atoms with Crippen LogP contribution in [-0.4, -0.2) is 38.3 Å². The SMILES string of the molecule is CCOC(=O)C(=O)c1c(CCO[Si](c2ccccc2)(c2ccccc2)C(C)(C)C)[nH]c2ccc(Cl)cc12. The minimum atomic E-state index is -2.74. The third kappa shape index (κ3) is 5.28. The van der Waals surface area contributed by atoms with Crippen molar-refractivity contribution in [2.45, 2.75) is 39.2 Å². The predicted molar refractivity (Wildman–Crippen MR) is 152 cm³/mol. The Bertz CT molecular complexity index is 1350. The Balaban J connectivity index is 1.75. The molecule has 37 heavy (non-hydrogen) atoms. The van der Waals surface area contributed by atoms with Gasteiger partial charge < -0.3 is 14.1 Å². The van der Waals surface area contributed by atoms with Gasteiger partial charge in [-0.05, 0) is 40.5 Å². The van der Waals surface area contributed by atoms with Crippen LogP contribution in [0.25, 0.3) is 10.9 Å². The number of Topliss-reactive ketones (excluding diaryl/α,β-unsaturated/α-hetero) is 1. The minimum absolute atomic E-state index is 0.125. The van der Waals surface area contributed by atoms with E-state index in [0.29, 0.717) is 34.7 Å². The summed E-state index contributed by atoms with van der Waals surface area (Å²) in [6.45, 7) is 8.83. The van der Waals surface area contributed by atoms with E-state index in [0.717, 1.165) is 5.52 Å². The van der Waals surface area contributed by atoms with Gasteiger partial charge in [-0.25, -0.2) is 4.79 Å². The number of ether oxygens (including phenoxy) is 1. The molecular formula is C30H32ClNO4Si. The molecular weight excluding hydrogens is 502 g/mol. The molecule has 192 valence electrons. The van der Waals surface area contributed by atoms with E-state index in [2.05, 4.69) is 50.0 Å². The number of fused-ring (bicyclic) bond motifs is 1.